The summed E-state index contributed by atoms with van der Waals surface area (Å²) in [5, 5.41) is 31.5. The fourth-order valence-corrected chi connectivity index (χ4v) is 7.73. The van der Waals surface area contributed by atoms with Crippen LogP contribution < -0.4 is 53.7 Å². The van der Waals surface area contributed by atoms with Crippen molar-refractivity contribution in [2.45, 2.75) is 75.5 Å². The van der Waals surface area contributed by atoms with E-state index in [2.05, 4.69) is 33.4 Å². The Hall–Kier alpha value is -8.12. The molecule has 0 aliphatic heterocycles. The maximum Gasteiger partial charge on any atom is 0.243 e. The molecule has 0 aliphatic rings. The van der Waals surface area contributed by atoms with Gasteiger partial charge in [-0.15, -0.1) is 0 Å². The van der Waals surface area contributed by atoms with Gasteiger partial charge >= 0.3 is 0 Å². The molecule has 386 valence electrons. The molecule has 4 unspecified atom stereocenters. The number of carbonyl (C=O) groups is 4. The van der Waals surface area contributed by atoms with Crippen molar-refractivity contribution in [1.82, 2.24) is 21.3 Å². The highest BCUT2D eigenvalue weighted by molar-refractivity contribution is 5.93. The molecule has 4 atom stereocenters. The second kappa shape index (κ2) is 31.4. The third-order valence-corrected chi connectivity index (χ3v) is 11.9. The molecule has 16 nitrogen and oxygen atoms in total. The van der Waals surface area contributed by atoms with Crippen LogP contribution in [0.15, 0.2) is 133 Å². The number of allylic oxidation sites excluding steroid dienone is 2. The highest BCUT2D eigenvalue weighted by Crippen LogP contribution is 2.24. The van der Waals surface area contributed by atoms with Crippen LogP contribution in [0.2, 0.25) is 0 Å². The molecule has 74 heavy (non-hydrogen) atoms. The standard InChI is InChI=1S/C58H68N10O6/c59-29-9-7-15-51(63)55(69)67-53(37-41-11-3-1-4-12-41)57(71)65-31-33-73-49-25-17-43(18-26-49)35-47(39-61)45-21-23-46(24-22-45)48(40-62)36-44-19-27-50(28-20-44)74-34-32-66-58(72)54(38-42-13-5-2-6-14-42)68-56(70)52(64)16-8-10-30-60/h1-6,11-14,17-28,35-36,51-54H,7-10,15-16,29-34,37-38,59-60,63-64H2,(H,65,71)(H,66,72)(H,67,69)(H,68,70)/b47-35-,48-36-. The number of nitrogens with one attached hydrogen (secondary N) is 4. The maximum atomic E-state index is 13.2. The van der Waals surface area contributed by atoms with Gasteiger partial charge in [0.2, 0.25) is 23.6 Å². The second-order valence-corrected chi connectivity index (χ2v) is 17.6. The van der Waals surface area contributed by atoms with Gasteiger partial charge in [-0.2, -0.15) is 10.5 Å². The van der Waals surface area contributed by atoms with E-state index in [0.717, 1.165) is 47.9 Å². The third-order valence-electron chi connectivity index (χ3n) is 11.9. The van der Waals surface area contributed by atoms with Gasteiger partial charge in [-0.05, 0) is 109 Å². The monoisotopic (exact) mass is 1000 g/mol. The summed E-state index contributed by atoms with van der Waals surface area (Å²) in [6, 6.07) is 41.8. The Balaban J connectivity index is 1.09. The number of nitrogens with two attached hydrogens (primary N) is 4. The first kappa shape index (κ1) is 56.8. The minimum absolute atomic E-state index is 0.179. The summed E-state index contributed by atoms with van der Waals surface area (Å²) >= 11 is 0. The van der Waals surface area contributed by atoms with Crippen LogP contribution in [-0.2, 0) is 32.0 Å². The molecule has 0 aliphatic carbocycles. The highest BCUT2D eigenvalue weighted by Gasteiger charge is 2.25. The first-order valence-electron chi connectivity index (χ1n) is 25.0. The Morgan fingerprint density at radius 2 is 0.865 bits per heavy atom. The molecule has 0 bridgehead atoms. The molecule has 0 aromatic heterocycles. The van der Waals surface area contributed by atoms with E-state index in [4.69, 9.17) is 32.4 Å². The number of benzene rings is 5. The molecule has 12 N–H and O–H groups in total. The van der Waals surface area contributed by atoms with E-state index in [9.17, 15) is 29.7 Å². The van der Waals surface area contributed by atoms with Gasteiger partial charge in [0.1, 0.15) is 36.8 Å². The van der Waals surface area contributed by atoms with Gasteiger partial charge in [0.15, 0.2) is 0 Å². The van der Waals surface area contributed by atoms with E-state index in [-0.39, 0.29) is 49.9 Å². The van der Waals surface area contributed by atoms with Gasteiger partial charge in [-0.1, -0.05) is 122 Å². The molecule has 0 heterocycles. The first-order valence-corrected chi connectivity index (χ1v) is 25.0. The van der Waals surface area contributed by atoms with Crippen LogP contribution in [0.3, 0.4) is 0 Å². The number of hydrogen-bond donors (Lipinski definition) is 8. The van der Waals surface area contributed by atoms with Crippen molar-refractivity contribution in [3.8, 4) is 23.6 Å². The lowest BCUT2D eigenvalue weighted by molar-refractivity contribution is -0.129. The molecule has 5 aromatic carbocycles. The number of unbranched alkanes of at least 4 members (excludes halogenated alkanes) is 2. The molecular weight excluding hydrogens is 933 g/mol. The summed E-state index contributed by atoms with van der Waals surface area (Å²) in [6.07, 6.45) is 8.03. The van der Waals surface area contributed by atoms with Crippen LogP contribution in [-0.4, -0.2) is 87.2 Å². The summed E-state index contributed by atoms with van der Waals surface area (Å²) in [7, 11) is 0. The van der Waals surface area contributed by atoms with Gasteiger partial charge < -0.3 is 53.7 Å². The number of amides is 4. The molecule has 0 radical (unpaired) electrons. The zero-order chi connectivity index (χ0) is 52.9. The van der Waals surface area contributed by atoms with Crippen molar-refractivity contribution in [3.05, 3.63) is 167 Å². The topological polar surface area (TPSA) is 287 Å². The zero-order valence-corrected chi connectivity index (χ0v) is 41.7. The quantitative estimate of drug-likeness (QED) is 0.0168. The highest BCUT2D eigenvalue weighted by atomic mass is 16.5. The van der Waals surface area contributed by atoms with Crippen LogP contribution in [0, 0.1) is 22.7 Å². The van der Waals surface area contributed by atoms with Crippen LogP contribution in [0.5, 0.6) is 11.5 Å². The predicted octanol–water partition coefficient (Wildman–Crippen LogP) is 5.17. The Labute approximate surface area is 434 Å². The van der Waals surface area contributed by atoms with E-state index in [1.54, 1.807) is 60.7 Å². The smallest absolute Gasteiger partial charge is 0.243 e. The number of rotatable bonds is 30. The van der Waals surface area contributed by atoms with Gasteiger partial charge in [0.05, 0.1) is 48.5 Å². The minimum Gasteiger partial charge on any atom is -0.492 e. The van der Waals surface area contributed by atoms with E-state index in [1.165, 1.54) is 0 Å². The van der Waals surface area contributed by atoms with Gasteiger partial charge in [0.25, 0.3) is 0 Å². The van der Waals surface area contributed by atoms with Crippen LogP contribution >= 0.6 is 0 Å². The van der Waals surface area contributed by atoms with E-state index in [1.807, 2.05) is 84.9 Å². The molecule has 16 heteroatoms. The van der Waals surface area contributed by atoms with Crippen molar-refractivity contribution in [2.75, 3.05) is 39.4 Å². The van der Waals surface area contributed by atoms with Gasteiger partial charge in [0, 0.05) is 12.8 Å². The van der Waals surface area contributed by atoms with E-state index < -0.39 is 24.2 Å². The molecule has 5 aromatic rings. The first-order chi connectivity index (χ1) is 36.0. The van der Waals surface area contributed by atoms with Gasteiger partial charge in [-0.25, -0.2) is 0 Å². The number of nitrogens with zero attached hydrogens (tertiary/aromatic N) is 2. The van der Waals surface area contributed by atoms with Crippen LogP contribution in [0.25, 0.3) is 23.3 Å². The van der Waals surface area contributed by atoms with E-state index >= 15 is 0 Å². The van der Waals surface area contributed by atoms with Gasteiger partial charge in [-0.3, -0.25) is 19.2 Å². The van der Waals surface area contributed by atoms with Crippen LogP contribution in [0.1, 0.15) is 71.9 Å². The molecule has 0 saturated heterocycles. The van der Waals surface area contributed by atoms with Crippen molar-refractivity contribution >= 4 is 46.9 Å². The largest absolute Gasteiger partial charge is 0.492 e. The molecule has 5 rings (SSSR count). The lowest BCUT2D eigenvalue weighted by Crippen LogP contribution is -2.53. The Bertz CT molecular complexity index is 2500. The normalized spacial score (nSPS) is 12.9. The second-order valence-electron chi connectivity index (χ2n) is 17.6. The summed E-state index contributed by atoms with van der Waals surface area (Å²) in [5.74, 6) is -0.336. The third kappa shape index (κ3) is 19.5. The number of nitriles is 2. The molecular formula is C58H68N10O6. The minimum atomic E-state index is -0.821. The zero-order valence-electron chi connectivity index (χ0n) is 41.7. The number of ether oxygens (including phenoxy) is 2. The molecule has 4 amide bonds. The fraction of sp³-hybridized carbons (Fsp3) is 0.310. The molecule has 0 saturated carbocycles. The van der Waals surface area contributed by atoms with Crippen molar-refractivity contribution in [3.63, 3.8) is 0 Å². The lowest BCUT2D eigenvalue weighted by Gasteiger charge is -2.21. The Morgan fingerprint density at radius 3 is 1.20 bits per heavy atom. The molecule has 0 fully saturated rings. The summed E-state index contributed by atoms with van der Waals surface area (Å²) < 4.78 is 11.8. The fourth-order valence-electron chi connectivity index (χ4n) is 7.73. The summed E-state index contributed by atoms with van der Waals surface area (Å²) in [6.45, 7) is 1.79. The van der Waals surface area contributed by atoms with Crippen molar-refractivity contribution < 1.29 is 28.7 Å². The lowest BCUT2D eigenvalue weighted by atomic mass is 9.99. The van der Waals surface area contributed by atoms with Crippen molar-refractivity contribution in [2.24, 2.45) is 22.9 Å². The van der Waals surface area contributed by atoms with Crippen molar-refractivity contribution in [1.29, 1.82) is 10.5 Å². The predicted molar refractivity (Wildman–Crippen MR) is 289 cm³/mol. The SMILES string of the molecule is N#C/C(=C/c1ccc(OCCNC(=O)C(Cc2ccccc2)NC(=O)C(N)CCCCN)cc1)c1ccc(/C(C#N)=C\c2ccc(OCCNC(=O)C(Cc3ccccc3)NC(=O)C(N)CCCCN)cc2)cc1. The number of carbonyl (C=O) groups excluding carboxylic acids is 4. The average Bonchev–Trinajstić information content (AvgIpc) is 3.42. The Kier molecular flexibility index (Phi) is 24.1. The molecule has 0 spiro atoms. The van der Waals surface area contributed by atoms with E-state index in [0.29, 0.717) is 72.5 Å². The Morgan fingerprint density at radius 1 is 0.500 bits per heavy atom. The average molecular weight is 1000 g/mol. The summed E-state index contributed by atoms with van der Waals surface area (Å²) in [5.41, 5.74) is 28.9. The summed E-state index contributed by atoms with van der Waals surface area (Å²) in [4.78, 5) is 52.2. The number of hydrogen-bond acceptors (Lipinski definition) is 12. The van der Waals surface area contributed by atoms with Crippen LogP contribution in [0.4, 0.5) is 0 Å². The maximum absolute atomic E-state index is 13.2.